The molecule has 1 unspecified atom stereocenters. The first-order valence-electron chi connectivity index (χ1n) is 7.56. The van der Waals surface area contributed by atoms with E-state index in [1.165, 1.54) is 24.0 Å². The maximum atomic E-state index is 2.43. The van der Waals surface area contributed by atoms with Gasteiger partial charge in [0.2, 0.25) is 0 Å². The third-order valence-corrected chi connectivity index (χ3v) is 4.42. The number of hydrogen-bond donors (Lipinski definition) is 0. The van der Waals surface area contributed by atoms with E-state index in [0.29, 0.717) is 6.04 Å². The normalized spacial score (nSPS) is 17.4. The van der Waals surface area contributed by atoms with Crippen LogP contribution in [-0.4, -0.2) is 19.0 Å². The largest absolute Gasteiger partial charge is 0.302 e. The van der Waals surface area contributed by atoms with Gasteiger partial charge < -0.3 is 4.90 Å². The highest BCUT2D eigenvalue weighted by Gasteiger charge is 2.23. The molecule has 0 saturated carbocycles. The zero-order chi connectivity index (χ0) is 13.9. The molecule has 0 saturated heterocycles. The van der Waals surface area contributed by atoms with Gasteiger partial charge in [-0.3, -0.25) is 0 Å². The average molecular weight is 265 g/mol. The van der Waals surface area contributed by atoms with Crippen molar-refractivity contribution in [1.29, 1.82) is 0 Å². The lowest BCUT2D eigenvalue weighted by Gasteiger charge is -2.20. The highest BCUT2D eigenvalue weighted by atomic mass is 15.1. The van der Waals surface area contributed by atoms with E-state index in [4.69, 9.17) is 0 Å². The van der Waals surface area contributed by atoms with Gasteiger partial charge in [-0.05, 0) is 62.0 Å². The van der Waals surface area contributed by atoms with Gasteiger partial charge in [-0.25, -0.2) is 0 Å². The summed E-state index contributed by atoms with van der Waals surface area (Å²) in [5.41, 5.74) is 6.01. The lowest BCUT2D eigenvalue weighted by molar-refractivity contribution is 0.299. The van der Waals surface area contributed by atoms with Crippen molar-refractivity contribution in [3.8, 4) is 0 Å². The summed E-state index contributed by atoms with van der Waals surface area (Å²) in [7, 11) is 4.37. The first kappa shape index (κ1) is 13.4. The molecule has 0 N–H and O–H groups in total. The van der Waals surface area contributed by atoms with Crippen LogP contribution in [0.2, 0.25) is 0 Å². The molecule has 0 bridgehead atoms. The summed E-state index contributed by atoms with van der Waals surface area (Å²) in [6.07, 6.45) is 4.78. The van der Waals surface area contributed by atoms with E-state index < -0.39 is 0 Å². The number of aryl methyl sites for hydroxylation is 3. The van der Waals surface area contributed by atoms with Gasteiger partial charge in [-0.1, -0.05) is 48.5 Å². The fraction of sp³-hybridized carbons (Fsp3) is 0.368. The predicted molar refractivity (Wildman–Crippen MR) is 85.0 cm³/mol. The van der Waals surface area contributed by atoms with Gasteiger partial charge in [-0.2, -0.15) is 0 Å². The molecule has 1 heteroatoms. The molecule has 0 heterocycles. The van der Waals surface area contributed by atoms with Gasteiger partial charge in [0.15, 0.2) is 0 Å². The Bertz CT molecular complexity index is 572. The Morgan fingerprint density at radius 3 is 2.45 bits per heavy atom. The highest BCUT2D eigenvalue weighted by molar-refractivity contribution is 5.38. The molecule has 3 rings (SSSR count). The van der Waals surface area contributed by atoms with Crippen molar-refractivity contribution in [2.24, 2.45) is 0 Å². The lowest BCUT2D eigenvalue weighted by atomic mass is 9.99. The van der Waals surface area contributed by atoms with Gasteiger partial charge in [0.25, 0.3) is 0 Å². The van der Waals surface area contributed by atoms with Crippen LogP contribution < -0.4 is 0 Å². The maximum absolute atomic E-state index is 2.43. The van der Waals surface area contributed by atoms with Gasteiger partial charge in [0.05, 0.1) is 0 Å². The van der Waals surface area contributed by atoms with Crippen molar-refractivity contribution in [2.45, 2.75) is 31.7 Å². The van der Waals surface area contributed by atoms with E-state index in [1.54, 1.807) is 11.1 Å². The molecule has 1 aliphatic rings. The fourth-order valence-electron chi connectivity index (χ4n) is 3.27. The summed E-state index contributed by atoms with van der Waals surface area (Å²) in [6, 6.07) is 18.5. The molecule has 2 aromatic carbocycles. The average Bonchev–Trinajstić information content (AvgIpc) is 2.89. The molecule has 2 aromatic rings. The molecule has 20 heavy (non-hydrogen) atoms. The summed E-state index contributed by atoms with van der Waals surface area (Å²) in [5, 5.41) is 0. The molecule has 1 atom stereocenters. The molecule has 104 valence electrons. The minimum absolute atomic E-state index is 0.619. The van der Waals surface area contributed by atoms with Gasteiger partial charge >= 0.3 is 0 Å². The lowest BCUT2D eigenvalue weighted by Crippen LogP contribution is -2.17. The Hall–Kier alpha value is -1.60. The van der Waals surface area contributed by atoms with Crippen LogP contribution in [-0.2, 0) is 19.3 Å². The summed E-state index contributed by atoms with van der Waals surface area (Å²) in [4.78, 5) is 2.34. The Morgan fingerprint density at radius 1 is 0.950 bits per heavy atom. The second-order valence-electron chi connectivity index (χ2n) is 6.04. The number of hydrogen-bond acceptors (Lipinski definition) is 1. The van der Waals surface area contributed by atoms with Crippen LogP contribution in [0.1, 0.15) is 34.7 Å². The van der Waals surface area contributed by atoms with Crippen molar-refractivity contribution in [1.82, 2.24) is 4.90 Å². The van der Waals surface area contributed by atoms with Crippen LogP contribution in [0.5, 0.6) is 0 Å². The number of fused-ring (bicyclic) bond motifs is 1. The summed E-state index contributed by atoms with van der Waals surface area (Å²) >= 11 is 0. The molecule has 1 nitrogen and oxygen atoms in total. The van der Waals surface area contributed by atoms with E-state index in [-0.39, 0.29) is 0 Å². The topological polar surface area (TPSA) is 3.24 Å². The van der Waals surface area contributed by atoms with Crippen molar-refractivity contribution >= 4 is 0 Å². The molecule has 0 fully saturated rings. The molecule has 0 aliphatic heterocycles. The maximum Gasteiger partial charge on any atom is 0.0347 e. The Labute approximate surface area is 122 Å². The third kappa shape index (κ3) is 2.78. The SMILES string of the molecule is CN(C)C1CCc2cc(CCc3ccccc3)ccc21. The van der Waals surface area contributed by atoms with Crippen molar-refractivity contribution in [2.75, 3.05) is 14.1 Å². The molecule has 0 spiro atoms. The van der Waals surface area contributed by atoms with Crippen LogP contribution in [0.25, 0.3) is 0 Å². The number of benzene rings is 2. The van der Waals surface area contributed by atoms with E-state index in [9.17, 15) is 0 Å². The first-order chi connectivity index (χ1) is 9.74. The molecule has 0 amide bonds. The quantitative estimate of drug-likeness (QED) is 0.807. The van der Waals surface area contributed by atoms with E-state index in [0.717, 1.165) is 12.8 Å². The van der Waals surface area contributed by atoms with E-state index in [2.05, 4.69) is 67.5 Å². The Balaban J connectivity index is 1.71. The van der Waals surface area contributed by atoms with Crippen LogP contribution >= 0.6 is 0 Å². The number of nitrogens with zero attached hydrogens (tertiary/aromatic N) is 1. The standard InChI is InChI=1S/C19H23N/c1-20(2)19-13-11-17-14-16(10-12-18(17)19)9-8-15-6-4-3-5-7-15/h3-7,10,12,14,19H,8-9,11,13H2,1-2H3. The third-order valence-electron chi connectivity index (χ3n) is 4.42. The monoisotopic (exact) mass is 265 g/mol. The molecular weight excluding hydrogens is 242 g/mol. The van der Waals surface area contributed by atoms with Crippen LogP contribution in [0.4, 0.5) is 0 Å². The Kier molecular flexibility index (Phi) is 3.88. The Morgan fingerprint density at radius 2 is 1.70 bits per heavy atom. The predicted octanol–water partition coefficient (Wildman–Crippen LogP) is 4.02. The van der Waals surface area contributed by atoms with Crippen molar-refractivity contribution < 1.29 is 0 Å². The number of rotatable bonds is 4. The minimum atomic E-state index is 0.619. The molecule has 0 radical (unpaired) electrons. The van der Waals surface area contributed by atoms with Gasteiger partial charge in [0.1, 0.15) is 0 Å². The molecule has 0 aromatic heterocycles. The highest BCUT2D eigenvalue weighted by Crippen LogP contribution is 2.34. The zero-order valence-electron chi connectivity index (χ0n) is 12.5. The first-order valence-corrected chi connectivity index (χ1v) is 7.56. The van der Waals surface area contributed by atoms with E-state index in [1.807, 2.05) is 0 Å². The molecular formula is C19H23N. The summed E-state index contributed by atoms with van der Waals surface area (Å²) in [6.45, 7) is 0. The second-order valence-corrected chi connectivity index (χ2v) is 6.04. The smallest absolute Gasteiger partial charge is 0.0347 e. The van der Waals surface area contributed by atoms with Crippen LogP contribution in [0.3, 0.4) is 0 Å². The fourth-order valence-corrected chi connectivity index (χ4v) is 3.27. The summed E-state index contributed by atoms with van der Waals surface area (Å²) in [5.74, 6) is 0. The molecule has 1 aliphatic carbocycles. The van der Waals surface area contributed by atoms with Gasteiger partial charge in [-0.15, -0.1) is 0 Å². The van der Waals surface area contributed by atoms with Crippen LogP contribution in [0, 0.1) is 0 Å². The zero-order valence-corrected chi connectivity index (χ0v) is 12.5. The van der Waals surface area contributed by atoms with Gasteiger partial charge in [0, 0.05) is 6.04 Å². The second kappa shape index (κ2) is 5.80. The summed E-state index contributed by atoms with van der Waals surface area (Å²) < 4.78 is 0. The van der Waals surface area contributed by atoms with Crippen molar-refractivity contribution in [3.05, 3.63) is 70.8 Å². The van der Waals surface area contributed by atoms with E-state index >= 15 is 0 Å². The van der Waals surface area contributed by atoms with Crippen LogP contribution in [0.15, 0.2) is 48.5 Å². The minimum Gasteiger partial charge on any atom is -0.302 e. The van der Waals surface area contributed by atoms with Crippen molar-refractivity contribution in [3.63, 3.8) is 0 Å².